The minimum atomic E-state index is -0.462. The lowest BCUT2D eigenvalue weighted by molar-refractivity contribution is 0.669. The second-order valence-corrected chi connectivity index (χ2v) is 13.9. The maximum Gasteiger partial charge on any atom is 0.164 e. The van der Waals surface area contributed by atoms with E-state index in [0.29, 0.717) is 17.5 Å². The Balaban J connectivity index is 1.12. The van der Waals surface area contributed by atoms with Crippen LogP contribution in [0.4, 0.5) is 0 Å². The molecule has 12 rings (SSSR count). The SMILES string of the molecule is c1ccc(-c2nc(-c3ccc4c(c3)C3(c5ccccc5-4)c4cccc5ccc6cccc3c6c45)nc(-c3ccc4oc5ccccc5c4c3)n2)cc1. The Morgan fingerprint density at radius 1 is 0.365 bits per heavy atom. The van der Waals surface area contributed by atoms with Gasteiger partial charge in [0.05, 0.1) is 5.41 Å². The lowest BCUT2D eigenvalue weighted by Crippen LogP contribution is -2.26. The van der Waals surface area contributed by atoms with E-state index in [1.165, 1.54) is 54.9 Å². The average Bonchev–Trinajstić information content (AvgIpc) is 3.84. The van der Waals surface area contributed by atoms with Gasteiger partial charge in [0.2, 0.25) is 0 Å². The van der Waals surface area contributed by atoms with Gasteiger partial charge >= 0.3 is 0 Å². The molecule has 0 fully saturated rings. The molecule has 0 atom stereocenters. The Morgan fingerprint density at radius 2 is 0.942 bits per heavy atom. The topological polar surface area (TPSA) is 51.8 Å². The number of benzene rings is 8. The van der Waals surface area contributed by atoms with Gasteiger partial charge in [0, 0.05) is 27.5 Å². The first kappa shape index (κ1) is 27.9. The molecule has 0 saturated carbocycles. The van der Waals surface area contributed by atoms with Crippen LogP contribution in [0.25, 0.3) is 88.8 Å². The normalized spacial score (nSPS) is 13.5. The highest BCUT2D eigenvalue weighted by Crippen LogP contribution is 2.62. The smallest absolute Gasteiger partial charge is 0.164 e. The van der Waals surface area contributed by atoms with Crippen molar-refractivity contribution in [1.82, 2.24) is 15.0 Å². The van der Waals surface area contributed by atoms with Gasteiger partial charge in [0.15, 0.2) is 17.5 Å². The van der Waals surface area contributed by atoms with Crippen LogP contribution in [0.15, 0.2) is 168 Å². The second-order valence-electron chi connectivity index (χ2n) is 13.9. The zero-order valence-electron chi connectivity index (χ0n) is 27.8. The van der Waals surface area contributed by atoms with Crippen molar-refractivity contribution in [2.75, 3.05) is 0 Å². The Hall–Kier alpha value is -6.91. The van der Waals surface area contributed by atoms with Crippen molar-refractivity contribution < 1.29 is 4.42 Å². The number of nitrogens with zero attached hydrogens (tertiary/aromatic N) is 3. The number of hydrogen-bond donors (Lipinski definition) is 0. The number of aromatic nitrogens is 3. The number of furan rings is 1. The van der Waals surface area contributed by atoms with Crippen molar-refractivity contribution >= 4 is 43.5 Å². The second kappa shape index (κ2) is 10.1. The summed E-state index contributed by atoms with van der Waals surface area (Å²) in [6.45, 7) is 0. The molecule has 0 N–H and O–H groups in total. The molecule has 0 unspecified atom stereocenters. The monoisotopic (exact) mass is 661 g/mol. The van der Waals surface area contributed by atoms with E-state index in [1.54, 1.807) is 0 Å². The molecule has 4 nitrogen and oxygen atoms in total. The number of fused-ring (bicyclic) bond motifs is 10. The minimum absolute atomic E-state index is 0.462. The molecular formula is C48H27N3O. The van der Waals surface area contributed by atoms with Gasteiger partial charge < -0.3 is 4.42 Å². The highest BCUT2D eigenvalue weighted by molar-refractivity contribution is 6.17. The van der Waals surface area contributed by atoms with Crippen LogP contribution in [-0.4, -0.2) is 15.0 Å². The van der Waals surface area contributed by atoms with E-state index in [9.17, 15) is 0 Å². The standard InChI is InChI=1S/C48H27N3O/c1-2-10-30(11-3-1)45-49-46(31-23-25-42-36(26-31)35-15-5-7-19-41(35)52-42)51-47(50-45)32-22-24-34-33-14-4-6-16-37(33)48(40(34)27-32)38-17-8-12-28-20-21-29-13-9-18-39(48)44(29)43(28)38/h1-27H. The lowest BCUT2D eigenvalue weighted by Gasteiger charge is -2.31. The summed E-state index contributed by atoms with van der Waals surface area (Å²) >= 11 is 0. The third-order valence-electron chi connectivity index (χ3n) is 11.3. The Morgan fingerprint density at radius 3 is 1.71 bits per heavy atom. The molecule has 4 heteroatoms. The third kappa shape index (κ3) is 3.58. The summed E-state index contributed by atoms with van der Waals surface area (Å²) in [6, 6.07) is 58.4. The van der Waals surface area contributed by atoms with Crippen LogP contribution in [-0.2, 0) is 5.41 Å². The summed E-state index contributed by atoms with van der Waals surface area (Å²) < 4.78 is 6.16. The lowest BCUT2D eigenvalue weighted by atomic mass is 9.70. The van der Waals surface area contributed by atoms with Crippen molar-refractivity contribution in [1.29, 1.82) is 0 Å². The van der Waals surface area contributed by atoms with Crippen LogP contribution in [0, 0.1) is 0 Å². The van der Waals surface area contributed by atoms with Crippen molar-refractivity contribution in [3.05, 3.63) is 186 Å². The van der Waals surface area contributed by atoms with Gasteiger partial charge in [0.1, 0.15) is 11.2 Å². The van der Waals surface area contributed by atoms with Gasteiger partial charge in [0.25, 0.3) is 0 Å². The molecular weight excluding hydrogens is 635 g/mol. The van der Waals surface area contributed by atoms with Gasteiger partial charge in [-0.3, -0.25) is 0 Å². The summed E-state index contributed by atoms with van der Waals surface area (Å²) in [5.41, 5.74) is 11.8. The first-order chi connectivity index (χ1) is 25.8. The highest BCUT2D eigenvalue weighted by Gasteiger charge is 2.50. The van der Waals surface area contributed by atoms with Crippen molar-refractivity contribution in [3.8, 4) is 45.3 Å². The first-order valence-corrected chi connectivity index (χ1v) is 17.7. The van der Waals surface area contributed by atoms with E-state index in [4.69, 9.17) is 19.4 Å². The van der Waals surface area contributed by atoms with Gasteiger partial charge in [-0.1, -0.05) is 133 Å². The van der Waals surface area contributed by atoms with Crippen LogP contribution in [0.5, 0.6) is 0 Å². The molecule has 0 saturated heterocycles. The zero-order valence-corrected chi connectivity index (χ0v) is 27.8. The van der Waals surface area contributed by atoms with E-state index in [0.717, 1.165) is 38.6 Å². The molecule has 0 radical (unpaired) electrons. The maximum atomic E-state index is 6.16. The molecule has 2 aliphatic carbocycles. The fraction of sp³-hybridized carbons (Fsp3) is 0.0208. The molecule has 0 aliphatic heterocycles. The minimum Gasteiger partial charge on any atom is -0.456 e. The van der Waals surface area contributed by atoms with Crippen LogP contribution in [0.1, 0.15) is 22.3 Å². The van der Waals surface area contributed by atoms with Gasteiger partial charge in [-0.15, -0.1) is 0 Å². The molecule has 2 aliphatic rings. The molecule has 2 heterocycles. The van der Waals surface area contributed by atoms with Gasteiger partial charge in [-0.05, 0) is 85.3 Å². The fourth-order valence-corrected chi connectivity index (χ4v) is 9.14. The largest absolute Gasteiger partial charge is 0.456 e. The van der Waals surface area contributed by atoms with E-state index < -0.39 is 5.41 Å². The highest BCUT2D eigenvalue weighted by atomic mass is 16.3. The summed E-state index contributed by atoms with van der Waals surface area (Å²) in [6.07, 6.45) is 0. The van der Waals surface area contributed by atoms with E-state index in [-0.39, 0.29) is 0 Å². The number of rotatable bonds is 3. The maximum absolute atomic E-state index is 6.16. The van der Waals surface area contributed by atoms with Gasteiger partial charge in [-0.25, -0.2) is 15.0 Å². The van der Waals surface area contributed by atoms with Crippen LogP contribution in [0.3, 0.4) is 0 Å². The molecule has 1 spiro atoms. The van der Waals surface area contributed by atoms with E-state index >= 15 is 0 Å². The van der Waals surface area contributed by atoms with Crippen LogP contribution < -0.4 is 0 Å². The van der Waals surface area contributed by atoms with Crippen molar-refractivity contribution in [3.63, 3.8) is 0 Å². The zero-order chi connectivity index (χ0) is 34.0. The Kier molecular flexibility index (Phi) is 5.40. The quantitative estimate of drug-likeness (QED) is 0.177. The summed E-state index contributed by atoms with van der Waals surface area (Å²) in [7, 11) is 0. The third-order valence-corrected chi connectivity index (χ3v) is 11.3. The van der Waals surface area contributed by atoms with E-state index in [2.05, 4.69) is 115 Å². The molecule has 10 aromatic rings. The molecule has 0 bridgehead atoms. The first-order valence-electron chi connectivity index (χ1n) is 17.7. The number of para-hydroxylation sites is 1. The summed E-state index contributed by atoms with van der Waals surface area (Å²) in [4.78, 5) is 15.5. The molecule has 240 valence electrons. The molecule has 0 amide bonds. The van der Waals surface area contributed by atoms with E-state index in [1.807, 2.05) is 48.5 Å². The Bertz CT molecular complexity index is 3080. The molecule has 8 aromatic carbocycles. The van der Waals surface area contributed by atoms with Crippen LogP contribution >= 0.6 is 0 Å². The summed E-state index contributed by atoms with van der Waals surface area (Å²) in [5, 5.41) is 7.35. The van der Waals surface area contributed by atoms with Gasteiger partial charge in [-0.2, -0.15) is 0 Å². The average molecular weight is 662 g/mol. The van der Waals surface area contributed by atoms with Crippen molar-refractivity contribution in [2.24, 2.45) is 0 Å². The summed E-state index contributed by atoms with van der Waals surface area (Å²) in [5.74, 6) is 1.90. The molecule has 2 aromatic heterocycles. The molecule has 52 heavy (non-hydrogen) atoms. The fourth-order valence-electron chi connectivity index (χ4n) is 9.14. The Labute approximate surface area is 298 Å². The predicted molar refractivity (Wildman–Crippen MR) is 209 cm³/mol. The number of hydrogen-bond acceptors (Lipinski definition) is 4. The predicted octanol–water partition coefficient (Wildman–Crippen LogP) is 11.8. The van der Waals surface area contributed by atoms with Crippen molar-refractivity contribution in [2.45, 2.75) is 5.41 Å². The van der Waals surface area contributed by atoms with Crippen LogP contribution in [0.2, 0.25) is 0 Å².